The zero-order chi connectivity index (χ0) is 11.1. The van der Waals surface area contributed by atoms with Crippen LogP contribution in [0.2, 0.25) is 0 Å². The number of rotatable bonds is 4. The highest BCUT2D eigenvalue weighted by Crippen LogP contribution is 2.25. The molecule has 0 aromatic heterocycles. The molecule has 1 saturated carbocycles. The molecule has 0 unspecified atom stereocenters. The van der Waals surface area contributed by atoms with Gasteiger partial charge in [-0.15, -0.1) is 0 Å². The number of aliphatic hydroxyl groups excluding tert-OH is 1. The summed E-state index contributed by atoms with van der Waals surface area (Å²) in [5.74, 6) is 0.245. The van der Waals surface area contributed by atoms with Crippen LogP contribution < -0.4 is 0 Å². The first-order valence-electron chi connectivity index (χ1n) is 5.70. The maximum absolute atomic E-state index is 11.4. The minimum absolute atomic E-state index is 0.0919. The quantitative estimate of drug-likeness (QED) is 0.573. The Morgan fingerprint density at radius 1 is 1.40 bits per heavy atom. The van der Waals surface area contributed by atoms with Crippen LogP contribution in [0.3, 0.4) is 0 Å². The van der Waals surface area contributed by atoms with E-state index in [9.17, 15) is 4.79 Å². The molecule has 0 amide bonds. The zero-order valence-electron chi connectivity index (χ0n) is 9.37. The van der Waals surface area contributed by atoms with Gasteiger partial charge in [-0.25, -0.2) is 4.79 Å². The molecule has 1 fully saturated rings. The van der Waals surface area contributed by atoms with E-state index in [0.717, 1.165) is 0 Å². The molecule has 0 aromatic rings. The highest BCUT2D eigenvalue weighted by atomic mass is 16.5. The Labute approximate surface area is 91.1 Å². The van der Waals surface area contributed by atoms with Gasteiger partial charge in [-0.3, -0.25) is 0 Å². The van der Waals surface area contributed by atoms with Gasteiger partial charge in [0, 0.05) is 5.57 Å². The van der Waals surface area contributed by atoms with Crippen LogP contribution in [0.4, 0.5) is 0 Å². The van der Waals surface area contributed by atoms with Crippen LogP contribution in [0.15, 0.2) is 11.6 Å². The van der Waals surface area contributed by atoms with E-state index >= 15 is 0 Å². The topological polar surface area (TPSA) is 46.5 Å². The Morgan fingerprint density at radius 3 is 2.67 bits per heavy atom. The highest BCUT2D eigenvalue weighted by Gasteiger charge is 2.13. The Hall–Kier alpha value is -0.830. The van der Waals surface area contributed by atoms with Crippen LogP contribution in [-0.4, -0.2) is 24.3 Å². The predicted octanol–water partition coefficient (Wildman–Crippen LogP) is 2.05. The van der Waals surface area contributed by atoms with Crippen molar-refractivity contribution in [2.24, 2.45) is 5.92 Å². The van der Waals surface area contributed by atoms with E-state index < -0.39 is 0 Å². The highest BCUT2D eigenvalue weighted by molar-refractivity contribution is 5.87. The second-order valence-electron chi connectivity index (χ2n) is 4.11. The molecule has 0 aliphatic heterocycles. The molecule has 1 aliphatic carbocycles. The molecule has 0 radical (unpaired) electrons. The van der Waals surface area contributed by atoms with Crippen molar-refractivity contribution in [2.75, 3.05) is 13.2 Å². The molecule has 86 valence electrons. The Kier molecular flexibility index (Phi) is 5.40. The molecule has 1 rings (SSSR count). The predicted molar refractivity (Wildman–Crippen MR) is 58.4 cm³/mol. The second kappa shape index (κ2) is 6.62. The fourth-order valence-corrected chi connectivity index (χ4v) is 1.97. The molecule has 15 heavy (non-hydrogen) atoms. The molecule has 0 spiro atoms. The first-order chi connectivity index (χ1) is 7.24. The van der Waals surface area contributed by atoms with Gasteiger partial charge in [0.15, 0.2) is 0 Å². The minimum atomic E-state index is -0.297. The summed E-state index contributed by atoms with van der Waals surface area (Å²) < 4.78 is 4.84. The number of carbonyl (C=O) groups excluding carboxylic acids is 1. The van der Waals surface area contributed by atoms with Gasteiger partial charge in [0.25, 0.3) is 0 Å². The minimum Gasteiger partial charge on any atom is -0.460 e. The van der Waals surface area contributed by atoms with Gasteiger partial charge >= 0.3 is 5.97 Å². The number of ether oxygens (including phenoxy) is 1. The van der Waals surface area contributed by atoms with Crippen molar-refractivity contribution in [1.29, 1.82) is 0 Å². The van der Waals surface area contributed by atoms with Gasteiger partial charge in [-0.05, 0) is 25.7 Å². The van der Waals surface area contributed by atoms with Gasteiger partial charge in [-0.1, -0.05) is 25.3 Å². The Bertz CT molecular complexity index is 227. The molecule has 3 nitrogen and oxygen atoms in total. The van der Waals surface area contributed by atoms with Crippen molar-refractivity contribution >= 4 is 5.97 Å². The third-order valence-corrected chi connectivity index (χ3v) is 2.78. The van der Waals surface area contributed by atoms with E-state index in [1.54, 1.807) is 6.92 Å². The standard InChI is InChI=1S/C12H20O3/c1-10(12(14)15-8-7-13)9-11-5-3-2-4-6-11/h9,11,13H,2-8H2,1H3. The molecular formula is C12H20O3. The fraction of sp³-hybridized carbons (Fsp3) is 0.750. The van der Waals surface area contributed by atoms with Crippen LogP contribution in [0.5, 0.6) is 0 Å². The lowest BCUT2D eigenvalue weighted by atomic mass is 9.88. The van der Waals surface area contributed by atoms with Crippen molar-refractivity contribution in [3.05, 3.63) is 11.6 Å². The number of hydrogen-bond acceptors (Lipinski definition) is 3. The van der Waals surface area contributed by atoms with Gasteiger partial charge in [0.05, 0.1) is 6.61 Å². The van der Waals surface area contributed by atoms with Crippen LogP contribution in [0.1, 0.15) is 39.0 Å². The van der Waals surface area contributed by atoms with E-state index in [2.05, 4.69) is 0 Å². The Balaban J connectivity index is 2.39. The number of esters is 1. The number of hydrogen-bond donors (Lipinski definition) is 1. The maximum Gasteiger partial charge on any atom is 0.333 e. The van der Waals surface area contributed by atoms with E-state index in [4.69, 9.17) is 9.84 Å². The van der Waals surface area contributed by atoms with Crippen molar-refractivity contribution < 1.29 is 14.6 Å². The first-order valence-corrected chi connectivity index (χ1v) is 5.70. The van der Waals surface area contributed by atoms with Crippen LogP contribution in [0, 0.1) is 5.92 Å². The number of allylic oxidation sites excluding steroid dienone is 1. The smallest absolute Gasteiger partial charge is 0.333 e. The zero-order valence-corrected chi connectivity index (χ0v) is 9.37. The number of aliphatic hydroxyl groups is 1. The first kappa shape index (κ1) is 12.2. The van der Waals surface area contributed by atoms with E-state index in [-0.39, 0.29) is 19.2 Å². The number of carbonyl (C=O) groups is 1. The van der Waals surface area contributed by atoms with Crippen LogP contribution in [-0.2, 0) is 9.53 Å². The van der Waals surface area contributed by atoms with Gasteiger partial charge in [-0.2, -0.15) is 0 Å². The van der Waals surface area contributed by atoms with E-state index in [1.807, 2.05) is 6.08 Å². The lowest BCUT2D eigenvalue weighted by Crippen LogP contribution is -2.11. The molecule has 0 heterocycles. The summed E-state index contributed by atoms with van der Waals surface area (Å²) in [6, 6.07) is 0. The molecule has 3 heteroatoms. The SMILES string of the molecule is CC(=CC1CCCCC1)C(=O)OCCO. The molecule has 0 saturated heterocycles. The van der Waals surface area contributed by atoms with E-state index in [0.29, 0.717) is 11.5 Å². The summed E-state index contributed by atoms with van der Waals surface area (Å²) >= 11 is 0. The summed E-state index contributed by atoms with van der Waals surface area (Å²) in [6.45, 7) is 1.77. The van der Waals surface area contributed by atoms with Crippen molar-refractivity contribution in [1.82, 2.24) is 0 Å². The van der Waals surface area contributed by atoms with E-state index in [1.165, 1.54) is 32.1 Å². The normalized spacial score (nSPS) is 18.9. The second-order valence-corrected chi connectivity index (χ2v) is 4.11. The average molecular weight is 212 g/mol. The Morgan fingerprint density at radius 2 is 2.07 bits per heavy atom. The van der Waals surface area contributed by atoms with Gasteiger partial charge in [0.2, 0.25) is 0 Å². The summed E-state index contributed by atoms with van der Waals surface area (Å²) in [5, 5.41) is 8.52. The van der Waals surface area contributed by atoms with Crippen molar-refractivity contribution in [2.45, 2.75) is 39.0 Å². The van der Waals surface area contributed by atoms with Gasteiger partial charge in [0.1, 0.15) is 6.61 Å². The van der Waals surface area contributed by atoms with Crippen LogP contribution >= 0.6 is 0 Å². The molecule has 0 atom stereocenters. The largest absolute Gasteiger partial charge is 0.460 e. The molecule has 0 bridgehead atoms. The third-order valence-electron chi connectivity index (χ3n) is 2.78. The lowest BCUT2D eigenvalue weighted by Gasteiger charge is -2.18. The summed E-state index contributed by atoms with van der Waals surface area (Å²) in [5.41, 5.74) is 0.676. The summed E-state index contributed by atoms with van der Waals surface area (Å²) in [7, 11) is 0. The summed E-state index contributed by atoms with van der Waals surface area (Å²) in [6.07, 6.45) is 8.24. The maximum atomic E-state index is 11.4. The molecule has 1 aliphatic rings. The van der Waals surface area contributed by atoms with Crippen LogP contribution in [0.25, 0.3) is 0 Å². The van der Waals surface area contributed by atoms with Gasteiger partial charge < -0.3 is 9.84 Å². The average Bonchev–Trinajstić information content (AvgIpc) is 2.27. The molecule has 1 N–H and O–H groups in total. The summed E-state index contributed by atoms with van der Waals surface area (Å²) in [4.78, 5) is 11.4. The van der Waals surface area contributed by atoms with Crippen molar-refractivity contribution in [3.8, 4) is 0 Å². The molecular weight excluding hydrogens is 192 g/mol. The van der Waals surface area contributed by atoms with Crippen molar-refractivity contribution in [3.63, 3.8) is 0 Å². The fourth-order valence-electron chi connectivity index (χ4n) is 1.97. The molecule has 0 aromatic carbocycles. The monoisotopic (exact) mass is 212 g/mol. The third kappa shape index (κ3) is 4.47. The lowest BCUT2D eigenvalue weighted by molar-refractivity contribution is -0.139.